The van der Waals surface area contributed by atoms with Crippen LogP contribution >= 0.6 is 11.6 Å². The molecule has 0 spiro atoms. The summed E-state index contributed by atoms with van der Waals surface area (Å²) in [7, 11) is 2.03. The van der Waals surface area contributed by atoms with Crippen molar-refractivity contribution in [3.05, 3.63) is 34.9 Å². The van der Waals surface area contributed by atoms with Gasteiger partial charge < -0.3 is 10.2 Å². The lowest BCUT2D eigenvalue weighted by Gasteiger charge is -2.22. The number of likely N-dealkylation sites (N-methyl/N-ethyl adjacent to an activating group) is 1. The highest BCUT2D eigenvalue weighted by molar-refractivity contribution is 6.30. The first-order valence-corrected chi connectivity index (χ1v) is 6.65. The van der Waals surface area contributed by atoms with Gasteiger partial charge in [-0.1, -0.05) is 23.7 Å². The van der Waals surface area contributed by atoms with Gasteiger partial charge in [-0.3, -0.25) is 4.79 Å². The first-order valence-electron chi connectivity index (χ1n) is 6.27. The van der Waals surface area contributed by atoms with Gasteiger partial charge in [-0.25, -0.2) is 0 Å². The average Bonchev–Trinajstić information content (AvgIpc) is 2.30. The van der Waals surface area contributed by atoms with Gasteiger partial charge >= 0.3 is 0 Å². The Balaban J connectivity index is 2.56. The number of hydrogen-bond acceptors (Lipinski definition) is 1. The quantitative estimate of drug-likeness (QED) is 0.829. The van der Waals surface area contributed by atoms with E-state index in [0.717, 1.165) is 16.5 Å². The van der Waals surface area contributed by atoms with Crippen molar-refractivity contribution in [3.8, 4) is 0 Å². The maximum atomic E-state index is 11.9. The van der Waals surface area contributed by atoms with Gasteiger partial charge in [-0.05, 0) is 32.9 Å². The fourth-order valence-corrected chi connectivity index (χ4v) is 1.84. The van der Waals surface area contributed by atoms with E-state index in [2.05, 4.69) is 5.32 Å². The van der Waals surface area contributed by atoms with Crippen LogP contribution in [0.2, 0.25) is 5.02 Å². The van der Waals surface area contributed by atoms with Crippen LogP contribution in [0, 0.1) is 0 Å². The Kier molecular flexibility index (Phi) is 5.63. The van der Waals surface area contributed by atoms with E-state index >= 15 is 0 Å². The third kappa shape index (κ3) is 4.67. The highest BCUT2D eigenvalue weighted by Gasteiger charge is 2.22. The molecule has 0 aliphatic carbocycles. The summed E-state index contributed by atoms with van der Waals surface area (Å²) < 4.78 is 0. The highest BCUT2D eigenvalue weighted by Crippen LogP contribution is 2.08. The van der Waals surface area contributed by atoms with Gasteiger partial charge in [-0.15, -0.1) is 0 Å². The van der Waals surface area contributed by atoms with Crippen LogP contribution in [0.4, 0.5) is 0 Å². The third-order valence-corrected chi connectivity index (χ3v) is 3.21. The highest BCUT2D eigenvalue weighted by atomic mass is 35.5. The summed E-state index contributed by atoms with van der Waals surface area (Å²) in [5, 5.41) is 3.68. The molecule has 0 radical (unpaired) electrons. The molecule has 0 aliphatic rings. The number of amides is 1. The molecular formula is C14H22ClN2O+. The second kappa shape index (κ2) is 6.76. The molecule has 2 N–H and O–H groups in total. The molecule has 18 heavy (non-hydrogen) atoms. The summed E-state index contributed by atoms with van der Waals surface area (Å²) in [6.07, 6.45) is 0. The molecule has 3 nitrogen and oxygen atoms in total. The predicted octanol–water partition coefficient (Wildman–Crippen LogP) is 1.27. The van der Waals surface area contributed by atoms with Gasteiger partial charge in [0.15, 0.2) is 6.04 Å². The van der Waals surface area contributed by atoms with Gasteiger partial charge in [-0.2, -0.15) is 0 Å². The lowest BCUT2D eigenvalue weighted by atomic mass is 10.2. The molecule has 0 bridgehead atoms. The number of nitrogens with one attached hydrogen (secondary N) is 2. The van der Waals surface area contributed by atoms with Gasteiger partial charge in [0.2, 0.25) is 0 Å². The van der Waals surface area contributed by atoms with E-state index in [-0.39, 0.29) is 18.0 Å². The fraction of sp³-hybridized carbons (Fsp3) is 0.500. The monoisotopic (exact) mass is 269 g/mol. The molecule has 1 rings (SSSR count). The number of quaternary nitrogens is 1. The summed E-state index contributed by atoms with van der Waals surface area (Å²) in [5.74, 6) is 0.0939. The standard InChI is InChI=1S/C14H21ClN2O/c1-10(2)16-14(18)11(3)17(4)9-12-5-7-13(15)8-6-12/h5-8,10-11H,9H2,1-4H3,(H,16,18)/p+1/t11-/m0/s1. The van der Waals surface area contributed by atoms with E-state index in [1.165, 1.54) is 5.56 Å². The SMILES string of the molecule is CC(C)NC(=O)[C@H](C)[NH+](C)Cc1ccc(Cl)cc1. The Morgan fingerprint density at radius 1 is 1.28 bits per heavy atom. The number of rotatable bonds is 5. The Morgan fingerprint density at radius 2 is 1.83 bits per heavy atom. The van der Waals surface area contributed by atoms with Crippen LogP contribution in [0.3, 0.4) is 0 Å². The number of carbonyl (C=O) groups excluding carboxylic acids is 1. The molecule has 100 valence electrons. The topological polar surface area (TPSA) is 33.5 Å². The maximum absolute atomic E-state index is 11.9. The van der Waals surface area contributed by atoms with Crippen molar-refractivity contribution in [2.24, 2.45) is 0 Å². The summed E-state index contributed by atoms with van der Waals surface area (Å²) in [6.45, 7) is 6.70. The minimum atomic E-state index is -0.0666. The molecule has 0 aromatic heterocycles. The number of benzene rings is 1. The zero-order valence-corrected chi connectivity index (χ0v) is 12.2. The lowest BCUT2D eigenvalue weighted by Crippen LogP contribution is -3.12. The first-order chi connectivity index (χ1) is 8.40. The summed E-state index contributed by atoms with van der Waals surface area (Å²) >= 11 is 5.85. The Labute approximate surface area is 114 Å². The van der Waals surface area contributed by atoms with Crippen molar-refractivity contribution in [1.29, 1.82) is 0 Å². The van der Waals surface area contributed by atoms with Crippen LogP contribution < -0.4 is 10.2 Å². The van der Waals surface area contributed by atoms with E-state index in [1.54, 1.807) is 0 Å². The molecule has 1 unspecified atom stereocenters. The molecule has 0 saturated heterocycles. The average molecular weight is 270 g/mol. The zero-order chi connectivity index (χ0) is 13.7. The minimum absolute atomic E-state index is 0.0666. The number of hydrogen-bond donors (Lipinski definition) is 2. The summed E-state index contributed by atoms with van der Waals surface area (Å²) in [4.78, 5) is 13.0. The molecule has 2 atom stereocenters. The Bertz CT molecular complexity index is 389. The summed E-state index contributed by atoms with van der Waals surface area (Å²) in [6, 6.07) is 7.87. The third-order valence-electron chi connectivity index (χ3n) is 2.96. The van der Waals surface area contributed by atoms with E-state index in [9.17, 15) is 4.79 Å². The second-order valence-electron chi connectivity index (χ2n) is 5.03. The molecule has 1 aromatic carbocycles. The molecule has 1 aromatic rings. The van der Waals surface area contributed by atoms with Crippen LogP contribution in [0.5, 0.6) is 0 Å². The minimum Gasteiger partial charge on any atom is -0.349 e. The molecular weight excluding hydrogens is 248 g/mol. The van der Waals surface area contributed by atoms with Crippen LogP contribution in [-0.2, 0) is 11.3 Å². The van der Waals surface area contributed by atoms with E-state index < -0.39 is 0 Å². The van der Waals surface area contributed by atoms with Gasteiger partial charge in [0.25, 0.3) is 5.91 Å². The van der Waals surface area contributed by atoms with Crippen molar-refractivity contribution in [2.75, 3.05) is 7.05 Å². The zero-order valence-electron chi connectivity index (χ0n) is 11.5. The largest absolute Gasteiger partial charge is 0.349 e. The van der Waals surface area contributed by atoms with Crippen LogP contribution in [0.1, 0.15) is 26.3 Å². The van der Waals surface area contributed by atoms with E-state index in [0.29, 0.717) is 0 Å². The lowest BCUT2D eigenvalue weighted by molar-refractivity contribution is -0.908. The fourth-order valence-electron chi connectivity index (χ4n) is 1.71. The van der Waals surface area contributed by atoms with Crippen molar-refractivity contribution < 1.29 is 9.69 Å². The van der Waals surface area contributed by atoms with E-state index in [1.807, 2.05) is 52.1 Å². The van der Waals surface area contributed by atoms with Crippen LogP contribution in [0.15, 0.2) is 24.3 Å². The van der Waals surface area contributed by atoms with Gasteiger partial charge in [0.1, 0.15) is 6.54 Å². The molecule has 1 amide bonds. The van der Waals surface area contributed by atoms with Crippen molar-refractivity contribution >= 4 is 17.5 Å². The van der Waals surface area contributed by atoms with Crippen molar-refractivity contribution in [1.82, 2.24) is 5.32 Å². The predicted molar refractivity (Wildman–Crippen MR) is 74.8 cm³/mol. The summed E-state index contributed by atoms with van der Waals surface area (Å²) in [5.41, 5.74) is 1.18. The van der Waals surface area contributed by atoms with Gasteiger partial charge in [0.05, 0.1) is 7.05 Å². The Morgan fingerprint density at radius 3 is 2.33 bits per heavy atom. The Hall–Kier alpha value is -1.06. The van der Waals surface area contributed by atoms with Crippen molar-refractivity contribution in [3.63, 3.8) is 0 Å². The second-order valence-corrected chi connectivity index (χ2v) is 5.47. The maximum Gasteiger partial charge on any atom is 0.278 e. The normalized spacial score (nSPS) is 14.3. The van der Waals surface area contributed by atoms with Crippen molar-refractivity contribution in [2.45, 2.75) is 39.4 Å². The first kappa shape index (κ1) is 15.0. The molecule has 0 saturated carbocycles. The number of carbonyl (C=O) groups is 1. The van der Waals surface area contributed by atoms with Crippen LogP contribution in [-0.4, -0.2) is 25.0 Å². The van der Waals surface area contributed by atoms with Crippen LogP contribution in [0.25, 0.3) is 0 Å². The van der Waals surface area contributed by atoms with Gasteiger partial charge in [0, 0.05) is 16.6 Å². The number of halogens is 1. The molecule has 0 fully saturated rings. The molecule has 0 heterocycles. The molecule has 0 aliphatic heterocycles. The smallest absolute Gasteiger partial charge is 0.278 e. The molecule has 4 heteroatoms. The van der Waals surface area contributed by atoms with E-state index in [4.69, 9.17) is 11.6 Å².